The van der Waals surface area contributed by atoms with Gasteiger partial charge >= 0.3 is 0 Å². The number of fused-ring (bicyclic) bond motifs is 5. The Hall–Kier alpha value is -0.340. The minimum atomic E-state index is 0.757. The van der Waals surface area contributed by atoms with Crippen molar-refractivity contribution in [1.82, 2.24) is 5.32 Å². The predicted molar refractivity (Wildman–Crippen MR) is 76.8 cm³/mol. The Morgan fingerprint density at radius 3 is 2.72 bits per heavy atom. The molecule has 0 saturated heterocycles. The standard InChI is InChI=1S/C16H23NS/c1-2-17-13(9-12-4-3-7-18-12)16-14-10-5-6-11(8-10)15(14)16/h3-4,7,10-11,13-17H,2,5-6,8-9H2,1H3. The van der Waals surface area contributed by atoms with E-state index in [0.717, 1.165) is 42.2 Å². The van der Waals surface area contributed by atoms with Crippen molar-refractivity contribution in [3.8, 4) is 0 Å². The van der Waals surface area contributed by atoms with Gasteiger partial charge in [0.25, 0.3) is 0 Å². The summed E-state index contributed by atoms with van der Waals surface area (Å²) in [6.07, 6.45) is 5.92. The Morgan fingerprint density at radius 1 is 1.33 bits per heavy atom. The molecule has 2 heteroatoms. The minimum absolute atomic E-state index is 0.757. The summed E-state index contributed by atoms with van der Waals surface area (Å²) < 4.78 is 0. The lowest BCUT2D eigenvalue weighted by Crippen LogP contribution is -2.35. The molecule has 1 nitrogen and oxygen atoms in total. The topological polar surface area (TPSA) is 12.0 Å². The third-order valence-corrected chi connectivity index (χ3v) is 6.63. The summed E-state index contributed by atoms with van der Waals surface area (Å²) in [6.45, 7) is 3.38. The van der Waals surface area contributed by atoms with E-state index in [1.54, 1.807) is 24.1 Å². The van der Waals surface area contributed by atoms with Crippen molar-refractivity contribution in [2.75, 3.05) is 6.54 Å². The first-order valence-corrected chi connectivity index (χ1v) is 8.52. The van der Waals surface area contributed by atoms with Gasteiger partial charge in [0.05, 0.1) is 0 Å². The molecule has 3 aliphatic carbocycles. The lowest BCUT2D eigenvalue weighted by molar-refractivity contribution is 0.367. The second-order valence-corrected chi connectivity index (χ2v) is 7.55. The summed E-state index contributed by atoms with van der Waals surface area (Å²) in [5.41, 5.74) is 0. The summed E-state index contributed by atoms with van der Waals surface area (Å²) >= 11 is 1.93. The molecule has 0 radical (unpaired) electrons. The summed E-state index contributed by atoms with van der Waals surface area (Å²) in [5, 5.41) is 6.01. The van der Waals surface area contributed by atoms with Crippen molar-refractivity contribution < 1.29 is 0 Å². The van der Waals surface area contributed by atoms with Crippen molar-refractivity contribution in [2.45, 2.75) is 38.6 Å². The molecule has 0 aliphatic heterocycles. The molecular formula is C16H23NS. The fraction of sp³-hybridized carbons (Fsp3) is 0.750. The van der Waals surface area contributed by atoms with E-state index in [2.05, 4.69) is 29.8 Å². The SMILES string of the molecule is CCNC(Cc1cccs1)C1C2C3CCC(C3)C21. The van der Waals surface area contributed by atoms with Crippen LogP contribution in [0.1, 0.15) is 31.1 Å². The maximum absolute atomic E-state index is 3.79. The maximum Gasteiger partial charge on any atom is 0.0149 e. The van der Waals surface area contributed by atoms with Gasteiger partial charge < -0.3 is 5.32 Å². The van der Waals surface area contributed by atoms with Gasteiger partial charge in [-0.1, -0.05) is 13.0 Å². The van der Waals surface area contributed by atoms with E-state index in [1.807, 2.05) is 11.3 Å². The zero-order valence-electron chi connectivity index (χ0n) is 11.1. The largest absolute Gasteiger partial charge is 0.314 e. The first kappa shape index (κ1) is 11.5. The van der Waals surface area contributed by atoms with E-state index in [0.29, 0.717) is 0 Å². The molecule has 3 saturated carbocycles. The van der Waals surface area contributed by atoms with Crippen molar-refractivity contribution in [3.63, 3.8) is 0 Å². The van der Waals surface area contributed by atoms with Crippen LogP contribution in [0.2, 0.25) is 0 Å². The molecule has 2 bridgehead atoms. The van der Waals surface area contributed by atoms with Crippen molar-refractivity contribution in [3.05, 3.63) is 22.4 Å². The molecule has 4 rings (SSSR count). The lowest BCUT2D eigenvalue weighted by atomic mass is 9.95. The van der Waals surface area contributed by atoms with Gasteiger partial charge in [0.2, 0.25) is 0 Å². The third kappa shape index (κ3) is 1.69. The number of nitrogens with one attached hydrogen (secondary N) is 1. The molecule has 1 heterocycles. The Morgan fingerprint density at radius 2 is 2.11 bits per heavy atom. The highest BCUT2D eigenvalue weighted by Gasteiger charge is 2.66. The summed E-state index contributed by atoms with van der Waals surface area (Å²) in [4.78, 5) is 1.57. The number of rotatable bonds is 5. The van der Waals surface area contributed by atoms with Crippen LogP contribution in [0.25, 0.3) is 0 Å². The Kier molecular flexibility index (Phi) is 2.77. The van der Waals surface area contributed by atoms with Gasteiger partial charge in [-0.25, -0.2) is 0 Å². The van der Waals surface area contributed by atoms with Crippen molar-refractivity contribution >= 4 is 11.3 Å². The minimum Gasteiger partial charge on any atom is -0.314 e. The van der Waals surface area contributed by atoms with E-state index < -0.39 is 0 Å². The lowest BCUT2D eigenvalue weighted by Gasteiger charge is -2.20. The zero-order chi connectivity index (χ0) is 12.1. The fourth-order valence-electron chi connectivity index (χ4n) is 5.18. The average Bonchev–Trinajstić information content (AvgIpc) is 2.81. The van der Waals surface area contributed by atoms with Crippen molar-refractivity contribution in [2.24, 2.45) is 29.6 Å². The molecular weight excluding hydrogens is 238 g/mol. The van der Waals surface area contributed by atoms with Crippen LogP contribution in [-0.2, 0) is 6.42 Å². The Balaban J connectivity index is 1.48. The molecule has 5 atom stereocenters. The monoisotopic (exact) mass is 261 g/mol. The van der Waals surface area contributed by atoms with Crippen LogP contribution in [0.15, 0.2) is 17.5 Å². The van der Waals surface area contributed by atoms with Crippen LogP contribution in [0.3, 0.4) is 0 Å². The highest BCUT2D eigenvalue weighted by molar-refractivity contribution is 7.09. The highest BCUT2D eigenvalue weighted by atomic mass is 32.1. The first-order valence-electron chi connectivity index (χ1n) is 7.64. The Labute approximate surface area is 114 Å². The van der Waals surface area contributed by atoms with Gasteiger partial charge in [-0.05, 0) is 73.3 Å². The first-order chi connectivity index (χ1) is 8.88. The molecule has 18 heavy (non-hydrogen) atoms. The number of hydrogen-bond donors (Lipinski definition) is 1. The van der Waals surface area contributed by atoms with Crippen LogP contribution in [-0.4, -0.2) is 12.6 Å². The van der Waals surface area contributed by atoms with Gasteiger partial charge in [0, 0.05) is 10.9 Å². The Bertz CT molecular complexity index is 397. The average molecular weight is 261 g/mol. The number of likely N-dealkylation sites (N-methyl/N-ethyl adjacent to an activating group) is 1. The maximum atomic E-state index is 3.79. The molecule has 3 aliphatic rings. The van der Waals surface area contributed by atoms with Gasteiger partial charge in [0.15, 0.2) is 0 Å². The fourth-order valence-corrected chi connectivity index (χ4v) is 5.95. The van der Waals surface area contributed by atoms with Crippen LogP contribution in [0.4, 0.5) is 0 Å². The zero-order valence-corrected chi connectivity index (χ0v) is 12.0. The summed E-state index contributed by atoms with van der Waals surface area (Å²) in [5.74, 6) is 5.43. The normalized spacial score (nSPS) is 41.9. The molecule has 1 aromatic heterocycles. The molecule has 0 amide bonds. The predicted octanol–water partition coefficient (Wildman–Crippen LogP) is 3.56. The molecule has 1 N–H and O–H groups in total. The van der Waals surface area contributed by atoms with E-state index in [4.69, 9.17) is 0 Å². The molecule has 0 aromatic carbocycles. The van der Waals surface area contributed by atoms with Crippen LogP contribution in [0.5, 0.6) is 0 Å². The molecule has 1 aromatic rings. The molecule has 5 unspecified atom stereocenters. The van der Waals surface area contributed by atoms with Gasteiger partial charge in [0.1, 0.15) is 0 Å². The molecule has 0 spiro atoms. The van der Waals surface area contributed by atoms with E-state index in [1.165, 1.54) is 6.42 Å². The van der Waals surface area contributed by atoms with Crippen molar-refractivity contribution in [1.29, 1.82) is 0 Å². The smallest absolute Gasteiger partial charge is 0.0149 e. The van der Waals surface area contributed by atoms with Crippen LogP contribution >= 0.6 is 11.3 Å². The highest BCUT2D eigenvalue weighted by Crippen LogP contribution is 2.70. The van der Waals surface area contributed by atoms with Gasteiger partial charge in [-0.3, -0.25) is 0 Å². The molecule has 98 valence electrons. The van der Waals surface area contributed by atoms with Gasteiger partial charge in [-0.15, -0.1) is 11.3 Å². The van der Waals surface area contributed by atoms with Crippen LogP contribution < -0.4 is 5.32 Å². The number of thiophene rings is 1. The molecule has 3 fully saturated rings. The van der Waals surface area contributed by atoms with E-state index >= 15 is 0 Å². The number of hydrogen-bond acceptors (Lipinski definition) is 2. The summed E-state index contributed by atoms with van der Waals surface area (Å²) in [6, 6.07) is 5.26. The van der Waals surface area contributed by atoms with E-state index in [-0.39, 0.29) is 0 Å². The van der Waals surface area contributed by atoms with E-state index in [9.17, 15) is 0 Å². The third-order valence-electron chi connectivity index (χ3n) is 5.73. The second kappa shape index (κ2) is 4.35. The van der Waals surface area contributed by atoms with Gasteiger partial charge in [-0.2, -0.15) is 0 Å². The second-order valence-electron chi connectivity index (χ2n) is 6.51. The summed E-state index contributed by atoms with van der Waals surface area (Å²) in [7, 11) is 0. The van der Waals surface area contributed by atoms with Crippen LogP contribution in [0, 0.1) is 29.6 Å². The quantitative estimate of drug-likeness (QED) is 0.854.